The molecule has 28 heavy (non-hydrogen) atoms. The van der Waals surface area contributed by atoms with Crippen LogP contribution in [0.3, 0.4) is 0 Å². The molecule has 0 atom stereocenters. The summed E-state index contributed by atoms with van der Waals surface area (Å²) in [6, 6.07) is 13.6. The van der Waals surface area contributed by atoms with E-state index in [0.29, 0.717) is 28.6 Å². The second-order valence-corrected chi connectivity index (χ2v) is 5.59. The molecule has 0 fully saturated rings. The van der Waals surface area contributed by atoms with Crippen LogP contribution >= 0.6 is 0 Å². The minimum Gasteiger partial charge on any atom is -0.497 e. The van der Waals surface area contributed by atoms with Crippen LogP contribution in [0.5, 0.6) is 11.5 Å². The van der Waals surface area contributed by atoms with Crippen LogP contribution in [0.1, 0.15) is 6.92 Å². The average molecular weight is 380 g/mol. The van der Waals surface area contributed by atoms with Gasteiger partial charge in [0.15, 0.2) is 0 Å². The van der Waals surface area contributed by atoms with Gasteiger partial charge >= 0.3 is 0 Å². The molecule has 0 aliphatic heterocycles. The molecule has 0 aromatic heterocycles. The van der Waals surface area contributed by atoms with E-state index in [0.717, 1.165) is 0 Å². The van der Waals surface area contributed by atoms with Gasteiger partial charge in [-0.3, -0.25) is 9.59 Å². The number of nitrogens with one attached hydrogen (secondary N) is 3. The summed E-state index contributed by atoms with van der Waals surface area (Å²) >= 11 is 0. The first-order valence-corrected chi connectivity index (χ1v) is 8.24. The van der Waals surface area contributed by atoms with Gasteiger partial charge in [-0.2, -0.15) is 5.26 Å². The highest BCUT2D eigenvalue weighted by Crippen LogP contribution is 2.29. The highest BCUT2D eigenvalue weighted by atomic mass is 16.5. The van der Waals surface area contributed by atoms with Gasteiger partial charge in [-0.15, -0.1) is 0 Å². The third kappa shape index (κ3) is 5.51. The summed E-state index contributed by atoms with van der Waals surface area (Å²) in [6.45, 7) is 1.42. The van der Waals surface area contributed by atoms with Crippen molar-refractivity contribution in [3.05, 3.63) is 54.2 Å². The average Bonchev–Trinajstić information content (AvgIpc) is 2.69. The zero-order valence-electron chi connectivity index (χ0n) is 15.7. The number of benzene rings is 2. The van der Waals surface area contributed by atoms with Crippen molar-refractivity contribution in [3.8, 4) is 17.6 Å². The minimum atomic E-state index is -0.601. The first-order chi connectivity index (χ1) is 13.5. The van der Waals surface area contributed by atoms with Crippen LogP contribution in [0.15, 0.2) is 54.2 Å². The van der Waals surface area contributed by atoms with E-state index in [-0.39, 0.29) is 11.5 Å². The zero-order valence-corrected chi connectivity index (χ0v) is 15.7. The van der Waals surface area contributed by atoms with Crippen LogP contribution in [0.25, 0.3) is 0 Å². The lowest BCUT2D eigenvalue weighted by molar-refractivity contribution is -0.114. The van der Waals surface area contributed by atoms with Gasteiger partial charge < -0.3 is 25.4 Å². The molecule has 0 bridgehead atoms. The van der Waals surface area contributed by atoms with Gasteiger partial charge in [0.1, 0.15) is 23.1 Å². The summed E-state index contributed by atoms with van der Waals surface area (Å²) in [6.07, 6.45) is 1.30. The van der Waals surface area contributed by atoms with Gasteiger partial charge in [0.2, 0.25) is 5.91 Å². The highest BCUT2D eigenvalue weighted by molar-refractivity contribution is 6.07. The molecule has 0 spiro atoms. The third-order valence-corrected chi connectivity index (χ3v) is 3.61. The zero-order chi connectivity index (χ0) is 20.5. The van der Waals surface area contributed by atoms with Crippen molar-refractivity contribution in [1.82, 2.24) is 0 Å². The van der Waals surface area contributed by atoms with Crippen molar-refractivity contribution in [1.29, 1.82) is 5.26 Å². The molecule has 0 aliphatic carbocycles. The maximum absolute atomic E-state index is 12.4. The Hall–Kier alpha value is -3.99. The number of nitrogens with zero attached hydrogens (tertiary/aromatic N) is 1. The number of carbonyl (C=O) groups is 2. The van der Waals surface area contributed by atoms with Crippen molar-refractivity contribution < 1.29 is 19.1 Å². The first-order valence-electron chi connectivity index (χ1n) is 8.24. The molecule has 8 heteroatoms. The van der Waals surface area contributed by atoms with Crippen LogP contribution in [0.2, 0.25) is 0 Å². The lowest BCUT2D eigenvalue weighted by Crippen LogP contribution is -2.15. The number of carbonyl (C=O) groups excluding carboxylic acids is 2. The summed E-state index contributed by atoms with van der Waals surface area (Å²) < 4.78 is 10.3. The Balaban J connectivity index is 2.11. The largest absolute Gasteiger partial charge is 0.497 e. The normalized spacial score (nSPS) is 10.4. The van der Waals surface area contributed by atoms with Crippen molar-refractivity contribution in [2.45, 2.75) is 6.92 Å². The van der Waals surface area contributed by atoms with Crippen molar-refractivity contribution in [2.24, 2.45) is 0 Å². The number of amides is 2. The fraction of sp³-hybridized carbons (Fsp3) is 0.150. The first kappa shape index (κ1) is 20.3. The Bertz CT molecular complexity index is 930. The van der Waals surface area contributed by atoms with Crippen molar-refractivity contribution in [2.75, 3.05) is 30.2 Å². The quantitative estimate of drug-likeness (QED) is 0.502. The van der Waals surface area contributed by atoms with Crippen LogP contribution in [-0.4, -0.2) is 26.0 Å². The summed E-state index contributed by atoms with van der Waals surface area (Å²) in [5.74, 6) is 0.206. The number of nitriles is 1. The SMILES string of the molecule is COc1ccc(OC)c(NC(=O)/C(C#N)=C\Nc2ccc(NC(C)=O)cc2)c1. The molecule has 0 saturated heterocycles. The number of anilines is 3. The summed E-state index contributed by atoms with van der Waals surface area (Å²) in [5.41, 5.74) is 1.54. The molecule has 0 aliphatic rings. The van der Waals surface area contributed by atoms with E-state index in [2.05, 4.69) is 16.0 Å². The van der Waals surface area contributed by atoms with E-state index in [1.807, 2.05) is 6.07 Å². The monoisotopic (exact) mass is 380 g/mol. The Kier molecular flexibility index (Phi) is 6.99. The second-order valence-electron chi connectivity index (χ2n) is 5.59. The van der Waals surface area contributed by atoms with E-state index in [1.54, 1.807) is 42.5 Å². The van der Waals surface area contributed by atoms with Crippen LogP contribution in [-0.2, 0) is 9.59 Å². The summed E-state index contributed by atoms with van der Waals surface area (Å²) in [5, 5.41) is 17.5. The lowest BCUT2D eigenvalue weighted by atomic mass is 10.2. The van der Waals surface area contributed by atoms with E-state index in [1.165, 1.54) is 27.3 Å². The Morgan fingerprint density at radius 1 is 1.00 bits per heavy atom. The molecule has 0 unspecified atom stereocenters. The topological polar surface area (TPSA) is 112 Å². The van der Waals surface area contributed by atoms with Gasteiger partial charge in [0.25, 0.3) is 5.91 Å². The molecular formula is C20H20N4O4. The number of hydrogen-bond acceptors (Lipinski definition) is 6. The van der Waals surface area contributed by atoms with Gasteiger partial charge in [-0.05, 0) is 36.4 Å². The molecule has 2 aromatic rings. The van der Waals surface area contributed by atoms with Crippen LogP contribution in [0, 0.1) is 11.3 Å². The Labute approximate surface area is 162 Å². The molecule has 0 radical (unpaired) electrons. The van der Waals surface area contributed by atoms with Gasteiger partial charge in [0, 0.05) is 30.6 Å². The molecule has 2 amide bonds. The predicted molar refractivity (Wildman–Crippen MR) is 106 cm³/mol. The van der Waals surface area contributed by atoms with Crippen molar-refractivity contribution in [3.63, 3.8) is 0 Å². The van der Waals surface area contributed by atoms with Crippen LogP contribution < -0.4 is 25.4 Å². The Morgan fingerprint density at radius 3 is 2.25 bits per heavy atom. The maximum atomic E-state index is 12.4. The third-order valence-electron chi connectivity index (χ3n) is 3.61. The fourth-order valence-corrected chi connectivity index (χ4v) is 2.26. The molecule has 0 saturated carbocycles. The summed E-state index contributed by atoms with van der Waals surface area (Å²) in [4.78, 5) is 23.5. The predicted octanol–water partition coefficient (Wildman–Crippen LogP) is 3.12. The number of ether oxygens (including phenoxy) is 2. The minimum absolute atomic E-state index is 0.129. The van der Waals surface area contributed by atoms with Gasteiger partial charge in [-0.25, -0.2) is 0 Å². The molecule has 8 nitrogen and oxygen atoms in total. The molecular weight excluding hydrogens is 360 g/mol. The maximum Gasteiger partial charge on any atom is 0.267 e. The molecule has 2 aromatic carbocycles. The van der Waals surface area contributed by atoms with Crippen molar-refractivity contribution >= 4 is 28.9 Å². The van der Waals surface area contributed by atoms with E-state index in [9.17, 15) is 14.9 Å². The highest BCUT2D eigenvalue weighted by Gasteiger charge is 2.13. The smallest absolute Gasteiger partial charge is 0.267 e. The molecule has 144 valence electrons. The van der Waals surface area contributed by atoms with E-state index >= 15 is 0 Å². The Morgan fingerprint density at radius 2 is 1.68 bits per heavy atom. The molecule has 2 rings (SSSR count). The second kappa shape index (κ2) is 9.64. The standard InChI is InChI=1S/C20H20N4O4/c1-13(25)23-16-6-4-15(5-7-16)22-12-14(11-21)20(26)24-18-10-17(27-2)8-9-19(18)28-3/h4-10,12,22H,1-3H3,(H,23,25)(H,24,26)/b14-12-. The van der Waals surface area contributed by atoms with E-state index in [4.69, 9.17) is 9.47 Å². The van der Waals surface area contributed by atoms with Gasteiger partial charge in [-0.1, -0.05) is 0 Å². The lowest BCUT2D eigenvalue weighted by Gasteiger charge is -2.11. The number of methoxy groups -OCH3 is 2. The number of rotatable bonds is 7. The van der Waals surface area contributed by atoms with Gasteiger partial charge in [0.05, 0.1) is 19.9 Å². The number of hydrogen-bond donors (Lipinski definition) is 3. The molecule has 3 N–H and O–H groups in total. The fourth-order valence-electron chi connectivity index (χ4n) is 2.26. The van der Waals surface area contributed by atoms with Crippen LogP contribution in [0.4, 0.5) is 17.1 Å². The summed E-state index contributed by atoms with van der Waals surface area (Å²) in [7, 11) is 2.99. The molecule has 0 heterocycles. The van der Waals surface area contributed by atoms with E-state index < -0.39 is 5.91 Å².